The molecule has 0 fully saturated rings. The maximum absolute atomic E-state index is 13.0. The summed E-state index contributed by atoms with van der Waals surface area (Å²) in [5.41, 5.74) is 1.64. The zero-order chi connectivity index (χ0) is 28.6. The average molecular weight is 549 g/mol. The van der Waals surface area contributed by atoms with Crippen LogP contribution < -0.4 is 23.7 Å². The Morgan fingerprint density at radius 1 is 0.875 bits per heavy atom. The third-order valence-electron chi connectivity index (χ3n) is 5.94. The van der Waals surface area contributed by atoms with E-state index in [-0.39, 0.29) is 31.2 Å². The van der Waals surface area contributed by atoms with Crippen molar-refractivity contribution in [2.24, 2.45) is 0 Å². The number of hydrogen-bond donors (Lipinski definition) is 1. The van der Waals surface area contributed by atoms with E-state index in [9.17, 15) is 9.59 Å². The number of benzene rings is 2. The molecular formula is C29H28N2O9. The molecule has 0 unspecified atom stereocenters. The molecule has 11 nitrogen and oxygen atoms in total. The molecule has 1 N–H and O–H groups in total. The van der Waals surface area contributed by atoms with Crippen molar-refractivity contribution >= 4 is 22.7 Å². The number of aromatic nitrogens is 2. The summed E-state index contributed by atoms with van der Waals surface area (Å²) in [5.74, 6) is -0.0868. The number of carboxylic acid groups (broad SMARTS) is 1. The predicted molar refractivity (Wildman–Crippen MR) is 144 cm³/mol. The average Bonchev–Trinajstić information content (AvgIpc) is 2.98. The fourth-order valence-electron chi connectivity index (χ4n) is 4.10. The quantitative estimate of drug-likeness (QED) is 0.250. The molecule has 0 aliphatic carbocycles. The maximum atomic E-state index is 13.0. The summed E-state index contributed by atoms with van der Waals surface area (Å²) in [6.07, 6.45) is 1.41. The van der Waals surface area contributed by atoms with E-state index >= 15 is 0 Å². The largest absolute Gasteiger partial charge is 0.493 e. The van der Waals surface area contributed by atoms with E-state index in [0.717, 1.165) is 5.69 Å². The normalized spacial score (nSPS) is 10.6. The van der Waals surface area contributed by atoms with Crippen molar-refractivity contribution in [3.05, 3.63) is 66.1 Å². The van der Waals surface area contributed by atoms with Gasteiger partial charge in [-0.2, -0.15) is 0 Å². The highest BCUT2D eigenvalue weighted by atomic mass is 16.5. The fraction of sp³-hybridized carbons (Fsp3) is 0.241. The molecular weight excluding hydrogens is 520 g/mol. The highest BCUT2D eigenvalue weighted by Gasteiger charge is 2.25. The second-order valence-corrected chi connectivity index (χ2v) is 8.36. The molecule has 0 saturated carbocycles. The molecule has 0 saturated heterocycles. The van der Waals surface area contributed by atoms with Gasteiger partial charge < -0.3 is 33.5 Å². The summed E-state index contributed by atoms with van der Waals surface area (Å²) >= 11 is 0. The van der Waals surface area contributed by atoms with Crippen molar-refractivity contribution in [2.75, 3.05) is 35.0 Å². The first-order chi connectivity index (χ1) is 19.4. The molecule has 4 rings (SSSR count). The van der Waals surface area contributed by atoms with E-state index < -0.39 is 11.9 Å². The SMILES string of the molecule is COC(=O)c1nc(OCCC(=O)O)c2cc(OCc3ccccn3)ccc2c1-c1cc(OC)c(OC)c(OC)c1. The molecule has 0 bridgehead atoms. The van der Waals surface area contributed by atoms with E-state index in [0.29, 0.717) is 44.9 Å². The van der Waals surface area contributed by atoms with Crippen LogP contribution in [0, 0.1) is 0 Å². The molecule has 11 heteroatoms. The lowest BCUT2D eigenvalue weighted by Crippen LogP contribution is -2.11. The zero-order valence-corrected chi connectivity index (χ0v) is 22.4. The Morgan fingerprint density at radius 3 is 2.23 bits per heavy atom. The van der Waals surface area contributed by atoms with Gasteiger partial charge in [-0.25, -0.2) is 9.78 Å². The van der Waals surface area contributed by atoms with Crippen LogP contribution in [0.1, 0.15) is 22.6 Å². The van der Waals surface area contributed by atoms with Crippen LogP contribution in [0.5, 0.6) is 28.9 Å². The first-order valence-corrected chi connectivity index (χ1v) is 12.1. The summed E-state index contributed by atoms with van der Waals surface area (Å²) in [5, 5.41) is 10.2. The summed E-state index contributed by atoms with van der Waals surface area (Å²) in [7, 11) is 5.71. The number of fused-ring (bicyclic) bond motifs is 1. The first-order valence-electron chi connectivity index (χ1n) is 12.1. The summed E-state index contributed by atoms with van der Waals surface area (Å²) in [6.45, 7) is 0.0511. The molecule has 2 aromatic carbocycles. The van der Waals surface area contributed by atoms with Gasteiger partial charge in [-0.1, -0.05) is 6.07 Å². The van der Waals surface area contributed by atoms with Crippen molar-refractivity contribution in [1.82, 2.24) is 9.97 Å². The van der Waals surface area contributed by atoms with Gasteiger partial charge in [0, 0.05) is 17.1 Å². The Morgan fingerprint density at radius 2 is 1.62 bits per heavy atom. The third kappa shape index (κ3) is 5.98. The van der Waals surface area contributed by atoms with Gasteiger partial charge in [0.2, 0.25) is 11.6 Å². The number of hydrogen-bond acceptors (Lipinski definition) is 10. The Balaban J connectivity index is 1.93. The maximum Gasteiger partial charge on any atom is 0.357 e. The molecule has 0 aliphatic rings. The van der Waals surface area contributed by atoms with E-state index in [4.69, 9.17) is 33.5 Å². The third-order valence-corrected chi connectivity index (χ3v) is 5.94. The smallest absolute Gasteiger partial charge is 0.357 e. The van der Waals surface area contributed by atoms with Crippen molar-refractivity contribution in [1.29, 1.82) is 0 Å². The Bertz CT molecular complexity index is 1500. The number of esters is 1. The number of carbonyl (C=O) groups excluding carboxylic acids is 1. The van der Waals surface area contributed by atoms with E-state index in [2.05, 4.69) is 9.97 Å². The number of methoxy groups -OCH3 is 4. The molecule has 2 heterocycles. The van der Waals surface area contributed by atoms with Crippen molar-refractivity contribution < 1.29 is 43.1 Å². The Hall–Kier alpha value is -5.06. The van der Waals surface area contributed by atoms with Crippen molar-refractivity contribution in [3.63, 3.8) is 0 Å². The molecule has 0 spiro atoms. The first kappa shape index (κ1) is 28.0. The summed E-state index contributed by atoms with van der Waals surface area (Å²) in [4.78, 5) is 32.9. The Kier molecular flexibility index (Phi) is 8.85. The lowest BCUT2D eigenvalue weighted by molar-refractivity contribution is -0.137. The topological polar surface area (TPSA) is 136 Å². The number of rotatable bonds is 12. The molecule has 0 amide bonds. The van der Waals surface area contributed by atoms with Crippen LogP contribution in [0.2, 0.25) is 0 Å². The monoisotopic (exact) mass is 548 g/mol. The molecule has 40 heavy (non-hydrogen) atoms. The van der Waals surface area contributed by atoms with Gasteiger partial charge in [0.15, 0.2) is 17.2 Å². The van der Waals surface area contributed by atoms with Crippen LogP contribution >= 0.6 is 0 Å². The fourth-order valence-corrected chi connectivity index (χ4v) is 4.10. The van der Waals surface area contributed by atoms with Crippen LogP contribution in [0.4, 0.5) is 0 Å². The van der Waals surface area contributed by atoms with E-state index in [1.165, 1.54) is 28.4 Å². The number of carboxylic acids is 1. The molecule has 0 atom stereocenters. The van der Waals surface area contributed by atoms with E-state index in [1.807, 2.05) is 18.2 Å². The highest BCUT2D eigenvalue weighted by Crippen LogP contribution is 2.45. The zero-order valence-electron chi connectivity index (χ0n) is 22.4. The summed E-state index contributed by atoms with van der Waals surface area (Å²) in [6, 6.07) is 14.1. The number of nitrogens with zero attached hydrogens (tertiary/aromatic N) is 2. The molecule has 0 radical (unpaired) electrons. The van der Waals surface area contributed by atoms with Crippen molar-refractivity contribution in [2.45, 2.75) is 13.0 Å². The van der Waals surface area contributed by atoms with Crippen molar-refractivity contribution in [3.8, 4) is 40.0 Å². The van der Waals surface area contributed by atoms with Crippen LogP contribution in [-0.4, -0.2) is 62.1 Å². The van der Waals surface area contributed by atoms with Gasteiger partial charge in [0.1, 0.15) is 19.0 Å². The van der Waals surface area contributed by atoms with Gasteiger partial charge in [-0.05, 0) is 53.4 Å². The molecule has 208 valence electrons. The van der Waals surface area contributed by atoms with Gasteiger partial charge in [0.25, 0.3) is 0 Å². The molecule has 4 aromatic rings. The predicted octanol–water partition coefficient (Wildman–Crippen LogP) is 4.54. The number of aliphatic carboxylic acids is 1. The number of ether oxygens (including phenoxy) is 6. The van der Waals surface area contributed by atoms with Gasteiger partial charge in [0.05, 0.1) is 40.6 Å². The number of pyridine rings is 2. The van der Waals surface area contributed by atoms with Gasteiger partial charge in [-0.3, -0.25) is 9.78 Å². The van der Waals surface area contributed by atoms with Crippen LogP contribution in [0.25, 0.3) is 21.9 Å². The summed E-state index contributed by atoms with van der Waals surface area (Å²) < 4.78 is 33.3. The molecule has 2 aromatic heterocycles. The minimum atomic E-state index is -1.04. The van der Waals surface area contributed by atoms with Crippen LogP contribution in [-0.2, 0) is 16.1 Å². The standard InChI is InChI=1S/C29H28N2O9/c1-35-22-13-17(14-23(36-2)27(22)37-3)25-20-9-8-19(40-16-18-7-5-6-11-30-18)15-21(20)28(39-12-10-24(32)33)31-26(25)29(34)38-4/h5-9,11,13-15H,10,12,16H2,1-4H3,(H,32,33). The lowest BCUT2D eigenvalue weighted by Gasteiger charge is -2.18. The Labute approximate surface area is 230 Å². The van der Waals surface area contributed by atoms with Crippen LogP contribution in [0.15, 0.2) is 54.7 Å². The van der Waals surface area contributed by atoms with Crippen LogP contribution in [0.3, 0.4) is 0 Å². The second kappa shape index (κ2) is 12.7. The van der Waals surface area contributed by atoms with Gasteiger partial charge in [-0.15, -0.1) is 0 Å². The lowest BCUT2D eigenvalue weighted by atomic mass is 9.96. The highest BCUT2D eigenvalue weighted by molar-refractivity contribution is 6.08. The minimum Gasteiger partial charge on any atom is -0.493 e. The second-order valence-electron chi connectivity index (χ2n) is 8.36. The van der Waals surface area contributed by atoms with Gasteiger partial charge >= 0.3 is 11.9 Å². The minimum absolute atomic E-state index is 0.0447. The molecule has 0 aliphatic heterocycles. The van der Waals surface area contributed by atoms with E-state index in [1.54, 1.807) is 36.5 Å². The number of carbonyl (C=O) groups is 2.